The third-order valence-corrected chi connectivity index (χ3v) is 4.06. The number of hydrogen-bond acceptors (Lipinski definition) is 3. The lowest BCUT2D eigenvalue weighted by molar-refractivity contribution is 0.290. The standard InChI is InChI=1S/C14H21N3S/c1-14(2,3)12-7-9-18-13(17-12)16-10-11-6-4-5-8-15-11/h4-6,8,12H,7,9-10H2,1-3H3,(H,16,17). The van der Waals surface area contributed by atoms with E-state index in [9.17, 15) is 0 Å². The van der Waals surface area contributed by atoms with Crippen molar-refractivity contribution in [2.75, 3.05) is 5.75 Å². The molecule has 2 heterocycles. The van der Waals surface area contributed by atoms with Gasteiger partial charge in [-0.2, -0.15) is 0 Å². The molecule has 1 saturated heterocycles. The van der Waals surface area contributed by atoms with E-state index in [4.69, 9.17) is 0 Å². The Morgan fingerprint density at radius 1 is 1.44 bits per heavy atom. The average Bonchev–Trinajstić information content (AvgIpc) is 2.37. The highest BCUT2D eigenvalue weighted by Gasteiger charge is 2.28. The van der Waals surface area contributed by atoms with Crippen molar-refractivity contribution < 1.29 is 0 Å². The Hall–Kier alpha value is -1.03. The maximum Gasteiger partial charge on any atom is 0.157 e. The molecule has 1 aliphatic heterocycles. The Bertz CT molecular complexity index is 409. The molecule has 98 valence electrons. The molecule has 4 heteroatoms. The lowest BCUT2D eigenvalue weighted by Gasteiger charge is -2.35. The molecule has 0 radical (unpaired) electrons. The number of nitrogens with one attached hydrogen (secondary N) is 1. The number of hydrogen-bond donors (Lipinski definition) is 1. The highest BCUT2D eigenvalue weighted by atomic mass is 32.2. The zero-order chi connectivity index (χ0) is 13.0. The first-order valence-electron chi connectivity index (χ1n) is 6.39. The summed E-state index contributed by atoms with van der Waals surface area (Å²) in [6.07, 6.45) is 3.02. The second kappa shape index (κ2) is 5.74. The summed E-state index contributed by atoms with van der Waals surface area (Å²) in [5.74, 6) is 1.15. The third-order valence-electron chi connectivity index (χ3n) is 3.10. The minimum absolute atomic E-state index is 0.284. The maximum absolute atomic E-state index is 4.62. The molecule has 0 spiro atoms. The van der Waals surface area contributed by atoms with E-state index in [0.29, 0.717) is 12.6 Å². The van der Waals surface area contributed by atoms with Gasteiger partial charge in [-0.05, 0) is 24.0 Å². The molecule has 1 aliphatic rings. The molecule has 1 N–H and O–H groups in total. The van der Waals surface area contributed by atoms with Crippen molar-refractivity contribution in [1.82, 2.24) is 10.3 Å². The van der Waals surface area contributed by atoms with E-state index in [0.717, 1.165) is 16.6 Å². The lowest BCUT2D eigenvalue weighted by Crippen LogP contribution is -2.46. The molecular weight excluding hydrogens is 242 g/mol. The van der Waals surface area contributed by atoms with E-state index in [-0.39, 0.29) is 5.41 Å². The normalized spacial score (nSPS) is 22.8. The number of nitrogens with zero attached hydrogens (tertiary/aromatic N) is 2. The summed E-state index contributed by atoms with van der Waals surface area (Å²) in [7, 11) is 0. The molecule has 0 aliphatic carbocycles. The van der Waals surface area contributed by atoms with E-state index < -0.39 is 0 Å². The van der Waals surface area contributed by atoms with Crippen molar-refractivity contribution in [3.05, 3.63) is 30.1 Å². The quantitative estimate of drug-likeness (QED) is 0.891. The van der Waals surface area contributed by atoms with Crippen LogP contribution in [0.4, 0.5) is 0 Å². The molecule has 1 fully saturated rings. The van der Waals surface area contributed by atoms with Crippen molar-refractivity contribution >= 4 is 16.9 Å². The van der Waals surface area contributed by atoms with Gasteiger partial charge >= 0.3 is 0 Å². The van der Waals surface area contributed by atoms with Crippen molar-refractivity contribution in [2.45, 2.75) is 39.8 Å². The van der Waals surface area contributed by atoms with Crippen LogP contribution in [0.2, 0.25) is 0 Å². The first kappa shape index (κ1) is 13.4. The van der Waals surface area contributed by atoms with Gasteiger partial charge in [0.05, 0.1) is 12.2 Å². The van der Waals surface area contributed by atoms with Crippen LogP contribution in [0.3, 0.4) is 0 Å². The zero-order valence-corrected chi connectivity index (χ0v) is 12.1. The summed E-state index contributed by atoms with van der Waals surface area (Å²) in [6, 6.07) is 6.46. The number of pyridine rings is 1. The lowest BCUT2D eigenvalue weighted by atomic mass is 9.85. The highest BCUT2D eigenvalue weighted by molar-refractivity contribution is 8.13. The number of aromatic nitrogens is 1. The largest absolute Gasteiger partial charge is 0.362 e. The highest BCUT2D eigenvalue weighted by Crippen LogP contribution is 2.27. The van der Waals surface area contributed by atoms with E-state index in [1.165, 1.54) is 6.42 Å². The molecule has 2 rings (SSSR count). The fourth-order valence-corrected chi connectivity index (χ4v) is 2.85. The molecule has 1 aromatic rings. The van der Waals surface area contributed by atoms with Crippen molar-refractivity contribution in [3.8, 4) is 0 Å². The second-order valence-electron chi connectivity index (χ2n) is 5.64. The van der Waals surface area contributed by atoms with Gasteiger partial charge in [0.2, 0.25) is 0 Å². The molecule has 18 heavy (non-hydrogen) atoms. The summed E-state index contributed by atoms with van der Waals surface area (Å²) in [4.78, 5) is 8.91. The SMILES string of the molecule is CC(C)(C)C1CCSC(=NCc2ccccn2)N1. The fraction of sp³-hybridized carbons (Fsp3) is 0.571. The monoisotopic (exact) mass is 263 g/mol. The molecule has 1 atom stereocenters. The predicted octanol–water partition coefficient (Wildman–Crippen LogP) is 3.08. The minimum Gasteiger partial charge on any atom is -0.362 e. The zero-order valence-electron chi connectivity index (χ0n) is 11.3. The van der Waals surface area contributed by atoms with Crippen molar-refractivity contribution in [2.24, 2.45) is 10.4 Å². The van der Waals surface area contributed by atoms with Crippen LogP contribution in [0.5, 0.6) is 0 Å². The molecular formula is C14H21N3S. The second-order valence-corrected chi connectivity index (χ2v) is 6.73. The molecule has 1 unspecified atom stereocenters. The summed E-state index contributed by atoms with van der Waals surface area (Å²) in [5, 5.41) is 4.61. The van der Waals surface area contributed by atoms with Crippen LogP contribution >= 0.6 is 11.8 Å². The van der Waals surface area contributed by atoms with Crippen LogP contribution in [0, 0.1) is 5.41 Å². The van der Waals surface area contributed by atoms with Gasteiger partial charge in [-0.1, -0.05) is 38.6 Å². The third kappa shape index (κ3) is 3.73. The van der Waals surface area contributed by atoms with Gasteiger partial charge in [0.1, 0.15) is 0 Å². The summed E-state index contributed by atoms with van der Waals surface area (Å²) >= 11 is 1.81. The minimum atomic E-state index is 0.284. The van der Waals surface area contributed by atoms with Gasteiger partial charge in [-0.15, -0.1) is 0 Å². The Kier molecular flexibility index (Phi) is 4.27. The smallest absolute Gasteiger partial charge is 0.157 e. The van der Waals surface area contributed by atoms with Crippen molar-refractivity contribution in [1.29, 1.82) is 0 Å². The average molecular weight is 263 g/mol. The van der Waals surface area contributed by atoms with Crippen LogP contribution in [0.25, 0.3) is 0 Å². The van der Waals surface area contributed by atoms with Crippen molar-refractivity contribution in [3.63, 3.8) is 0 Å². The maximum atomic E-state index is 4.62. The number of aliphatic imine (C=N–C) groups is 1. The van der Waals surface area contributed by atoms with Gasteiger partial charge < -0.3 is 5.32 Å². The van der Waals surface area contributed by atoms with Gasteiger partial charge in [0.15, 0.2) is 5.17 Å². The summed E-state index contributed by atoms with van der Waals surface area (Å²) in [6.45, 7) is 7.48. The fourth-order valence-electron chi connectivity index (χ4n) is 1.92. The molecule has 0 amide bonds. The first-order chi connectivity index (χ1) is 8.55. The molecule has 0 saturated carbocycles. The van der Waals surface area contributed by atoms with E-state index in [2.05, 4.69) is 36.1 Å². The van der Waals surface area contributed by atoms with E-state index >= 15 is 0 Å². The van der Waals surface area contributed by atoms with E-state index in [1.807, 2.05) is 36.2 Å². The molecule has 0 aromatic carbocycles. The number of rotatable bonds is 2. The Labute approximate surface area is 113 Å². The van der Waals surface area contributed by atoms with Crippen LogP contribution in [-0.2, 0) is 6.54 Å². The van der Waals surface area contributed by atoms with E-state index in [1.54, 1.807) is 0 Å². The van der Waals surface area contributed by atoms with Crippen LogP contribution < -0.4 is 5.32 Å². The van der Waals surface area contributed by atoms with Crippen LogP contribution in [0.1, 0.15) is 32.9 Å². The van der Waals surface area contributed by atoms with Crippen LogP contribution in [-0.4, -0.2) is 21.9 Å². The Balaban J connectivity index is 1.97. The van der Waals surface area contributed by atoms with Crippen LogP contribution in [0.15, 0.2) is 29.4 Å². The Morgan fingerprint density at radius 3 is 2.94 bits per heavy atom. The number of amidine groups is 1. The van der Waals surface area contributed by atoms with Gasteiger partial charge in [0.25, 0.3) is 0 Å². The molecule has 1 aromatic heterocycles. The number of thioether (sulfide) groups is 1. The summed E-state index contributed by atoms with van der Waals surface area (Å²) < 4.78 is 0. The summed E-state index contributed by atoms with van der Waals surface area (Å²) in [5.41, 5.74) is 1.30. The van der Waals surface area contributed by atoms with Gasteiger partial charge in [-0.3, -0.25) is 9.98 Å². The molecule has 3 nitrogen and oxygen atoms in total. The predicted molar refractivity (Wildman–Crippen MR) is 78.8 cm³/mol. The Morgan fingerprint density at radius 2 is 2.28 bits per heavy atom. The van der Waals surface area contributed by atoms with Gasteiger partial charge in [0, 0.05) is 18.0 Å². The topological polar surface area (TPSA) is 37.3 Å². The molecule has 0 bridgehead atoms. The van der Waals surface area contributed by atoms with Gasteiger partial charge in [-0.25, -0.2) is 0 Å². The first-order valence-corrected chi connectivity index (χ1v) is 7.38.